The first-order valence-corrected chi connectivity index (χ1v) is 4.95. The van der Waals surface area contributed by atoms with Crippen molar-refractivity contribution in [2.45, 2.75) is 31.8 Å². The van der Waals surface area contributed by atoms with Crippen LogP contribution in [-0.4, -0.2) is 11.0 Å². The summed E-state index contributed by atoms with van der Waals surface area (Å²) in [6.07, 6.45) is 5.97. The Labute approximate surface area is 70.7 Å². The summed E-state index contributed by atoms with van der Waals surface area (Å²) >= 11 is 1.73. The molecule has 1 aliphatic carbocycles. The maximum Gasteiger partial charge on any atom is 0.106 e. The maximum atomic E-state index is 4.20. The lowest BCUT2D eigenvalue weighted by Gasteiger charge is -2.25. The Kier molecular flexibility index (Phi) is 2.19. The van der Waals surface area contributed by atoms with E-state index in [1.807, 2.05) is 11.6 Å². The Morgan fingerprint density at radius 3 is 3.09 bits per heavy atom. The molecule has 0 unspecified atom stereocenters. The van der Waals surface area contributed by atoms with E-state index in [0.717, 1.165) is 12.6 Å². The molecule has 0 amide bonds. The van der Waals surface area contributed by atoms with Gasteiger partial charge in [-0.1, -0.05) is 6.42 Å². The van der Waals surface area contributed by atoms with Crippen LogP contribution in [0.25, 0.3) is 0 Å². The van der Waals surface area contributed by atoms with Crippen molar-refractivity contribution in [2.75, 3.05) is 0 Å². The molecule has 1 N–H and O–H groups in total. The molecule has 1 aliphatic rings. The first-order valence-electron chi connectivity index (χ1n) is 4.07. The van der Waals surface area contributed by atoms with Crippen LogP contribution in [0.15, 0.2) is 11.6 Å². The predicted octanol–water partition coefficient (Wildman–Crippen LogP) is 1.79. The summed E-state index contributed by atoms with van der Waals surface area (Å²) in [5.74, 6) is 0. The maximum absolute atomic E-state index is 4.20. The molecule has 60 valence electrons. The third-order valence-corrected chi connectivity index (χ3v) is 2.91. The van der Waals surface area contributed by atoms with Gasteiger partial charge in [-0.25, -0.2) is 4.98 Å². The fraction of sp³-hybridized carbons (Fsp3) is 0.625. The minimum atomic E-state index is 0.777. The average molecular weight is 168 g/mol. The predicted molar refractivity (Wildman–Crippen MR) is 46.6 cm³/mol. The van der Waals surface area contributed by atoms with Crippen molar-refractivity contribution in [3.05, 3.63) is 16.6 Å². The van der Waals surface area contributed by atoms with E-state index in [2.05, 4.69) is 10.3 Å². The van der Waals surface area contributed by atoms with E-state index >= 15 is 0 Å². The molecule has 0 saturated heterocycles. The quantitative estimate of drug-likeness (QED) is 0.744. The largest absolute Gasteiger partial charge is 0.308 e. The first kappa shape index (κ1) is 7.25. The SMILES string of the molecule is c1csc(CNC2CCC2)n1. The highest BCUT2D eigenvalue weighted by atomic mass is 32.1. The third-order valence-electron chi connectivity index (χ3n) is 2.13. The molecule has 3 heteroatoms. The van der Waals surface area contributed by atoms with Gasteiger partial charge in [-0.2, -0.15) is 0 Å². The summed E-state index contributed by atoms with van der Waals surface area (Å²) in [7, 11) is 0. The van der Waals surface area contributed by atoms with Gasteiger partial charge in [0.25, 0.3) is 0 Å². The second-order valence-corrected chi connectivity index (χ2v) is 3.91. The van der Waals surface area contributed by atoms with E-state index in [1.165, 1.54) is 24.3 Å². The summed E-state index contributed by atoms with van der Waals surface area (Å²) in [5.41, 5.74) is 0. The lowest BCUT2D eigenvalue weighted by molar-refractivity contribution is 0.338. The van der Waals surface area contributed by atoms with Gasteiger partial charge in [0.2, 0.25) is 0 Å². The smallest absolute Gasteiger partial charge is 0.106 e. The molecule has 1 aromatic rings. The molecule has 11 heavy (non-hydrogen) atoms. The zero-order valence-electron chi connectivity index (χ0n) is 6.42. The molecule has 1 fully saturated rings. The van der Waals surface area contributed by atoms with Crippen LogP contribution < -0.4 is 5.32 Å². The van der Waals surface area contributed by atoms with Gasteiger partial charge in [-0.05, 0) is 12.8 Å². The highest BCUT2D eigenvalue weighted by molar-refractivity contribution is 7.09. The van der Waals surface area contributed by atoms with Crippen LogP contribution in [0.1, 0.15) is 24.3 Å². The molecule has 2 nitrogen and oxygen atoms in total. The number of aromatic nitrogens is 1. The zero-order chi connectivity index (χ0) is 7.52. The molecule has 0 bridgehead atoms. The Balaban J connectivity index is 1.74. The van der Waals surface area contributed by atoms with Crippen LogP contribution in [0.2, 0.25) is 0 Å². The van der Waals surface area contributed by atoms with Crippen molar-refractivity contribution in [3.8, 4) is 0 Å². The Morgan fingerprint density at radius 2 is 2.55 bits per heavy atom. The fourth-order valence-electron chi connectivity index (χ4n) is 1.18. The molecular formula is C8H12N2S. The minimum Gasteiger partial charge on any atom is -0.308 e. The van der Waals surface area contributed by atoms with E-state index in [0.29, 0.717) is 0 Å². The van der Waals surface area contributed by atoms with Gasteiger partial charge in [0.1, 0.15) is 5.01 Å². The van der Waals surface area contributed by atoms with E-state index < -0.39 is 0 Å². The van der Waals surface area contributed by atoms with Crippen LogP contribution in [0.3, 0.4) is 0 Å². The number of nitrogens with zero attached hydrogens (tertiary/aromatic N) is 1. The molecule has 1 aromatic heterocycles. The molecule has 0 aliphatic heterocycles. The standard InChI is InChI=1S/C8H12N2S/c1-2-7(3-1)10-6-8-9-4-5-11-8/h4-5,7,10H,1-3,6H2. The van der Waals surface area contributed by atoms with Gasteiger partial charge in [-0.3, -0.25) is 0 Å². The lowest BCUT2D eigenvalue weighted by atomic mass is 9.93. The Bertz CT molecular complexity index is 204. The highest BCUT2D eigenvalue weighted by Crippen LogP contribution is 2.18. The molecule has 1 saturated carbocycles. The van der Waals surface area contributed by atoms with Gasteiger partial charge in [-0.15, -0.1) is 11.3 Å². The average Bonchev–Trinajstić information content (AvgIpc) is 2.36. The van der Waals surface area contributed by atoms with E-state index in [9.17, 15) is 0 Å². The monoisotopic (exact) mass is 168 g/mol. The van der Waals surface area contributed by atoms with Crippen molar-refractivity contribution in [1.82, 2.24) is 10.3 Å². The lowest BCUT2D eigenvalue weighted by Crippen LogP contribution is -2.34. The fourth-order valence-corrected chi connectivity index (χ4v) is 1.75. The molecule has 0 spiro atoms. The van der Waals surface area contributed by atoms with Gasteiger partial charge < -0.3 is 5.32 Å². The van der Waals surface area contributed by atoms with Crippen LogP contribution in [-0.2, 0) is 6.54 Å². The number of nitrogens with one attached hydrogen (secondary N) is 1. The highest BCUT2D eigenvalue weighted by Gasteiger charge is 2.16. The number of hydrogen-bond acceptors (Lipinski definition) is 3. The van der Waals surface area contributed by atoms with E-state index in [4.69, 9.17) is 0 Å². The van der Waals surface area contributed by atoms with Crippen LogP contribution in [0.4, 0.5) is 0 Å². The Morgan fingerprint density at radius 1 is 1.64 bits per heavy atom. The second-order valence-electron chi connectivity index (χ2n) is 2.93. The molecule has 1 heterocycles. The van der Waals surface area contributed by atoms with Crippen LogP contribution in [0, 0.1) is 0 Å². The van der Waals surface area contributed by atoms with Crippen molar-refractivity contribution in [1.29, 1.82) is 0 Å². The second kappa shape index (κ2) is 3.32. The number of thiazole rings is 1. The summed E-state index contributed by atoms with van der Waals surface area (Å²) in [4.78, 5) is 4.20. The van der Waals surface area contributed by atoms with E-state index in [-0.39, 0.29) is 0 Å². The van der Waals surface area contributed by atoms with E-state index in [1.54, 1.807) is 11.3 Å². The first-order chi connectivity index (χ1) is 5.45. The van der Waals surface area contributed by atoms with Crippen molar-refractivity contribution in [3.63, 3.8) is 0 Å². The topological polar surface area (TPSA) is 24.9 Å². The van der Waals surface area contributed by atoms with Gasteiger partial charge in [0.15, 0.2) is 0 Å². The summed E-state index contributed by atoms with van der Waals surface area (Å²) in [6, 6.07) is 0.777. The molecule has 0 aromatic carbocycles. The van der Waals surface area contributed by atoms with Crippen molar-refractivity contribution < 1.29 is 0 Å². The molecule has 0 radical (unpaired) electrons. The molecule has 2 rings (SSSR count). The van der Waals surface area contributed by atoms with Gasteiger partial charge >= 0.3 is 0 Å². The Hall–Kier alpha value is -0.410. The summed E-state index contributed by atoms with van der Waals surface area (Å²) in [6.45, 7) is 0.961. The van der Waals surface area contributed by atoms with Gasteiger partial charge in [0.05, 0.1) is 0 Å². The number of hydrogen-bond donors (Lipinski definition) is 1. The number of rotatable bonds is 3. The van der Waals surface area contributed by atoms with Crippen LogP contribution >= 0.6 is 11.3 Å². The summed E-state index contributed by atoms with van der Waals surface area (Å²) in [5, 5.41) is 6.70. The molecular weight excluding hydrogens is 156 g/mol. The zero-order valence-corrected chi connectivity index (χ0v) is 7.23. The van der Waals surface area contributed by atoms with Crippen LogP contribution in [0.5, 0.6) is 0 Å². The molecule has 0 atom stereocenters. The third kappa shape index (κ3) is 1.79. The normalized spacial score (nSPS) is 18.2. The minimum absolute atomic E-state index is 0.777. The van der Waals surface area contributed by atoms with Crippen molar-refractivity contribution in [2.24, 2.45) is 0 Å². The van der Waals surface area contributed by atoms with Gasteiger partial charge in [0, 0.05) is 24.2 Å². The van der Waals surface area contributed by atoms with Crippen molar-refractivity contribution >= 4 is 11.3 Å². The summed E-state index contributed by atoms with van der Waals surface area (Å²) < 4.78 is 0.